The van der Waals surface area contributed by atoms with E-state index in [1.54, 1.807) is 0 Å². The number of unbranched alkanes of at least 4 members (excludes halogenated alkanes) is 7. The van der Waals surface area contributed by atoms with E-state index in [-0.39, 0.29) is 30.9 Å². The van der Waals surface area contributed by atoms with E-state index in [1.165, 1.54) is 37.0 Å². The number of ether oxygens (including phenoxy) is 2. The average molecular weight is 426 g/mol. The molecule has 2 atom stereocenters. The highest BCUT2D eigenvalue weighted by atomic mass is 16.6. The van der Waals surface area contributed by atoms with Crippen LogP contribution in [0, 0.1) is 11.8 Å². The quantitative estimate of drug-likeness (QED) is 0.273. The fourth-order valence-corrected chi connectivity index (χ4v) is 3.80. The zero-order valence-electron chi connectivity index (χ0n) is 20.0. The van der Waals surface area contributed by atoms with Gasteiger partial charge >= 0.3 is 12.1 Å². The lowest BCUT2D eigenvalue weighted by Gasteiger charge is -2.27. The fourth-order valence-electron chi connectivity index (χ4n) is 3.80. The third kappa shape index (κ3) is 9.48. The zero-order chi connectivity index (χ0) is 22.7. The largest absolute Gasteiger partial charge is 0.460 e. The molecule has 1 saturated heterocycles. The molecule has 6 heteroatoms. The van der Waals surface area contributed by atoms with Gasteiger partial charge < -0.3 is 9.47 Å². The highest BCUT2D eigenvalue weighted by Gasteiger charge is 2.42. The van der Waals surface area contributed by atoms with Crippen molar-refractivity contribution in [2.75, 3.05) is 6.61 Å². The molecule has 0 aromatic heterocycles. The monoisotopic (exact) mass is 425 g/mol. The first kappa shape index (κ1) is 26.4. The van der Waals surface area contributed by atoms with Gasteiger partial charge in [0.05, 0.1) is 12.5 Å². The number of hydrogen-bond acceptors (Lipinski definition) is 5. The maximum Gasteiger partial charge on any atom is 0.416 e. The Morgan fingerprint density at radius 1 is 1.07 bits per heavy atom. The second-order valence-electron chi connectivity index (χ2n) is 9.85. The van der Waals surface area contributed by atoms with Crippen LogP contribution in [0.1, 0.15) is 106 Å². The van der Waals surface area contributed by atoms with Gasteiger partial charge in [0.15, 0.2) is 0 Å². The molecule has 174 valence electrons. The number of carbonyl (C=O) groups excluding carboxylic acids is 3. The summed E-state index contributed by atoms with van der Waals surface area (Å²) in [4.78, 5) is 39.1. The van der Waals surface area contributed by atoms with Gasteiger partial charge in [-0.3, -0.25) is 9.59 Å². The number of carbonyl (C=O) groups is 3. The molecule has 1 heterocycles. The minimum Gasteiger partial charge on any atom is -0.460 e. The summed E-state index contributed by atoms with van der Waals surface area (Å²) >= 11 is 0. The topological polar surface area (TPSA) is 72.9 Å². The molecular weight excluding hydrogens is 382 g/mol. The molecule has 0 aromatic carbocycles. The SMILES string of the molecule is CCCCCCCCCC[C@H](CC(=O)OC(C)(C)C)C(=O)N1C(=O)OC[C@@H]1C(C)C. The molecule has 0 radical (unpaired) electrons. The second-order valence-corrected chi connectivity index (χ2v) is 9.85. The molecule has 6 nitrogen and oxygen atoms in total. The molecule has 0 bridgehead atoms. The zero-order valence-corrected chi connectivity index (χ0v) is 20.0. The summed E-state index contributed by atoms with van der Waals surface area (Å²) < 4.78 is 10.6. The number of cyclic esters (lactones) is 1. The third-order valence-electron chi connectivity index (χ3n) is 5.50. The highest BCUT2D eigenvalue weighted by molar-refractivity contribution is 5.96. The van der Waals surface area contributed by atoms with Gasteiger partial charge in [-0.2, -0.15) is 0 Å². The number of nitrogens with zero attached hydrogens (tertiary/aromatic N) is 1. The van der Waals surface area contributed by atoms with E-state index in [0.29, 0.717) is 6.42 Å². The summed E-state index contributed by atoms with van der Waals surface area (Å²) in [7, 11) is 0. The number of amides is 2. The molecule has 0 aromatic rings. The third-order valence-corrected chi connectivity index (χ3v) is 5.50. The van der Waals surface area contributed by atoms with Crippen LogP contribution in [0.25, 0.3) is 0 Å². The number of rotatable bonds is 13. The van der Waals surface area contributed by atoms with Crippen molar-refractivity contribution in [1.29, 1.82) is 0 Å². The molecule has 30 heavy (non-hydrogen) atoms. The fraction of sp³-hybridized carbons (Fsp3) is 0.875. The van der Waals surface area contributed by atoms with Crippen LogP contribution >= 0.6 is 0 Å². The Bertz CT molecular complexity index is 552. The number of imide groups is 1. The van der Waals surface area contributed by atoms with Crippen LogP contribution in [0.5, 0.6) is 0 Å². The molecule has 0 saturated carbocycles. The molecule has 2 amide bonds. The van der Waals surface area contributed by atoms with Gasteiger partial charge in [0.2, 0.25) is 5.91 Å². The Balaban J connectivity index is 2.69. The minimum atomic E-state index is -0.601. The van der Waals surface area contributed by atoms with Gasteiger partial charge in [0, 0.05) is 5.92 Å². The van der Waals surface area contributed by atoms with Crippen molar-refractivity contribution < 1.29 is 23.9 Å². The van der Waals surface area contributed by atoms with Crippen LogP contribution < -0.4 is 0 Å². The summed E-state index contributed by atoms with van der Waals surface area (Å²) in [5, 5.41) is 0. The summed E-state index contributed by atoms with van der Waals surface area (Å²) in [6.45, 7) is 11.8. The lowest BCUT2D eigenvalue weighted by atomic mass is 9.94. The predicted octanol–water partition coefficient (Wildman–Crippen LogP) is 5.87. The maximum atomic E-state index is 13.2. The van der Waals surface area contributed by atoms with Crippen LogP contribution in [-0.4, -0.2) is 41.1 Å². The number of hydrogen-bond donors (Lipinski definition) is 0. The summed E-state index contributed by atoms with van der Waals surface area (Å²) in [6.07, 6.45) is 9.29. The number of esters is 1. The first-order valence-electron chi connectivity index (χ1n) is 11.8. The van der Waals surface area contributed by atoms with Gasteiger partial charge in [-0.1, -0.05) is 72.1 Å². The smallest absolute Gasteiger partial charge is 0.416 e. The van der Waals surface area contributed by atoms with Crippen LogP contribution in [0.3, 0.4) is 0 Å². The van der Waals surface area contributed by atoms with E-state index >= 15 is 0 Å². The standard InChI is InChI=1S/C24H43NO5/c1-7-8-9-10-11-12-13-14-15-19(16-21(26)30-24(4,5)6)22(27)25-20(18(2)3)17-29-23(25)28/h18-20H,7-17H2,1-6H3/t19-,20-/m1/s1. The first-order chi connectivity index (χ1) is 14.1. The Kier molecular flexibility index (Phi) is 11.4. The molecule has 0 unspecified atom stereocenters. The predicted molar refractivity (Wildman–Crippen MR) is 118 cm³/mol. The van der Waals surface area contributed by atoms with Gasteiger partial charge in [-0.25, -0.2) is 9.69 Å². The van der Waals surface area contributed by atoms with E-state index < -0.39 is 23.6 Å². The molecule has 0 N–H and O–H groups in total. The molecule has 1 aliphatic heterocycles. The van der Waals surface area contributed by atoms with Crippen LogP contribution in [0.15, 0.2) is 0 Å². The Labute approximate surface area is 183 Å². The highest BCUT2D eigenvalue weighted by Crippen LogP contribution is 2.26. The van der Waals surface area contributed by atoms with Crippen molar-refractivity contribution in [2.45, 2.75) is 117 Å². The van der Waals surface area contributed by atoms with Gasteiger partial charge in [-0.15, -0.1) is 0 Å². The van der Waals surface area contributed by atoms with Crippen LogP contribution in [0.4, 0.5) is 4.79 Å². The second kappa shape index (κ2) is 13.0. The molecule has 1 fully saturated rings. The minimum absolute atomic E-state index is 0.00119. The Hall–Kier alpha value is -1.59. The average Bonchev–Trinajstić information content (AvgIpc) is 3.02. The van der Waals surface area contributed by atoms with E-state index in [4.69, 9.17) is 9.47 Å². The molecule has 0 aliphatic carbocycles. The van der Waals surface area contributed by atoms with Crippen molar-refractivity contribution in [1.82, 2.24) is 4.90 Å². The van der Waals surface area contributed by atoms with E-state index in [9.17, 15) is 14.4 Å². The summed E-state index contributed by atoms with van der Waals surface area (Å²) in [5.74, 6) is -1.14. The van der Waals surface area contributed by atoms with E-state index in [2.05, 4.69) is 6.92 Å². The molecule has 0 spiro atoms. The van der Waals surface area contributed by atoms with Crippen molar-refractivity contribution in [3.63, 3.8) is 0 Å². The van der Waals surface area contributed by atoms with Crippen molar-refractivity contribution in [3.05, 3.63) is 0 Å². The van der Waals surface area contributed by atoms with Gasteiger partial charge in [-0.05, 0) is 33.1 Å². The summed E-state index contributed by atoms with van der Waals surface area (Å²) in [6, 6.07) is -0.273. The van der Waals surface area contributed by atoms with Crippen molar-refractivity contribution in [2.24, 2.45) is 11.8 Å². The Morgan fingerprint density at radius 2 is 1.63 bits per heavy atom. The van der Waals surface area contributed by atoms with Crippen molar-refractivity contribution in [3.8, 4) is 0 Å². The maximum absolute atomic E-state index is 13.2. The first-order valence-corrected chi connectivity index (χ1v) is 11.8. The molecular formula is C24H43NO5. The Morgan fingerprint density at radius 3 is 2.17 bits per heavy atom. The molecule has 1 rings (SSSR count). The molecule has 1 aliphatic rings. The normalized spacial score (nSPS) is 17.9. The van der Waals surface area contributed by atoms with Crippen molar-refractivity contribution >= 4 is 18.0 Å². The lowest BCUT2D eigenvalue weighted by Crippen LogP contribution is -2.45. The van der Waals surface area contributed by atoms with Crippen LogP contribution in [0.2, 0.25) is 0 Å². The van der Waals surface area contributed by atoms with E-state index in [1.807, 2.05) is 34.6 Å². The van der Waals surface area contributed by atoms with Gasteiger partial charge in [0.25, 0.3) is 0 Å². The van der Waals surface area contributed by atoms with Gasteiger partial charge in [0.1, 0.15) is 12.2 Å². The lowest BCUT2D eigenvalue weighted by molar-refractivity contribution is -0.158. The summed E-state index contributed by atoms with van der Waals surface area (Å²) in [5.41, 5.74) is -0.601. The van der Waals surface area contributed by atoms with Crippen LogP contribution in [-0.2, 0) is 19.1 Å². The van der Waals surface area contributed by atoms with E-state index in [0.717, 1.165) is 19.3 Å².